The highest BCUT2D eigenvalue weighted by atomic mass is 16.3. The number of piperidine rings is 1. The van der Waals surface area contributed by atoms with Gasteiger partial charge in [-0.05, 0) is 83.4 Å². The molecule has 0 aromatic heterocycles. The van der Waals surface area contributed by atoms with E-state index in [0.717, 1.165) is 26.1 Å². The molecule has 0 unspecified atom stereocenters. The number of anilines is 2. The van der Waals surface area contributed by atoms with E-state index in [1.807, 2.05) is 0 Å². The van der Waals surface area contributed by atoms with Gasteiger partial charge in [0.15, 0.2) is 17.1 Å². The minimum absolute atomic E-state index is 0.00535. The molecule has 1 aromatic carbocycles. The lowest BCUT2D eigenvalue weighted by atomic mass is 9.58. The Balaban J connectivity index is 1.57. The number of nitrogens with two attached hydrogens (primary N) is 1. The number of likely N-dealkylation sites (tertiary alicyclic amines) is 1. The third kappa shape index (κ3) is 5.06. The Labute approximate surface area is 262 Å². The van der Waals surface area contributed by atoms with E-state index in [2.05, 4.69) is 17.1 Å². The number of likely N-dealkylation sites (N-methyl/N-ethyl adjacent to an activating group) is 1. The third-order valence-electron chi connectivity index (χ3n) is 9.94. The molecule has 2 amide bonds. The second-order valence-corrected chi connectivity index (χ2v) is 13.1. The lowest BCUT2D eigenvalue weighted by Crippen LogP contribution is -2.63. The van der Waals surface area contributed by atoms with Gasteiger partial charge < -0.3 is 41.3 Å². The van der Waals surface area contributed by atoms with Crippen LogP contribution in [0.4, 0.5) is 11.4 Å². The zero-order valence-electron chi connectivity index (χ0n) is 26.4. The summed E-state index contributed by atoms with van der Waals surface area (Å²) < 4.78 is 0. The van der Waals surface area contributed by atoms with Crippen LogP contribution in [0.25, 0.3) is 0 Å². The van der Waals surface area contributed by atoms with Crippen molar-refractivity contribution < 1.29 is 39.6 Å². The molecule has 1 heterocycles. The van der Waals surface area contributed by atoms with Crippen molar-refractivity contribution in [2.45, 2.75) is 50.7 Å². The number of hydrogen-bond acceptors (Lipinski definition) is 11. The second-order valence-electron chi connectivity index (χ2n) is 13.1. The van der Waals surface area contributed by atoms with Crippen LogP contribution in [0.5, 0.6) is 5.75 Å². The van der Waals surface area contributed by atoms with Crippen LogP contribution in [0, 0.1) is 17.8 Å². The average Bonchev–Trinajstić information content (AvgIpc) is 2.96. The van der Waals surface area contributed by atoms with E-state index in [-0.39, 0.29) is 41.5 Å². The maximum atomic E-state index is 14.2. The number of nitrogens with zero attached hydrogens (tertiary/aromatic N) is 3. The molecule has 244 valence electrons. The molecule has 1 aliphatic heterocycles. The minimum Gasteiger partial charge on any atom is -0.510 e. The molecule has 13 heteroatoms. The fraction of sp³-hybridized carbons (Fsp3) is 0.562. The fourth-order valence-electron chi connectivity index (χ4n) is 7.76. The summed E-state index contributed by atoms with van der Waals surface area (Å²) in [7, 11) is 6.70. The van der Waals surface area contributed by atoms with Gasteiger partial charge in [-0.3, -0.25) is 24.1 Å². The first kappa shape index (κ1) is 32.5. The molecule has 0 spiro atoms. The Morgan fingerprint density at radius 2 is 1.76 bits per heavy atom. The van der Waals surface area contributed by atoms with Crippen molar-refractivity contribution in [2.75, 3.05) is 58.0 Å². The van der Waals surface area contributed by atoms with Gasteiger partial charge in [0, 0.05) is 37.2 Å². The predicted octanol–water partition coefficient (Wildman–Crippen LogP) is 1.25. The zero-order chi connectivity index (χ0) is 33.1. The molecule has 0 saturated carbocycles. The van der Waals surface area contributed by atoms with Crippen LogP contribution in [0.2, 0.25) is 0 Å². The number of primary amides is 1. The highest BCUT2D eigenvalue weighted by Gasteiger charge is 2.63. The molecule has 0 radical (unpaired) electrons. The molecule has 1 aromatic rings. The van der Waals surface area contributed by atoms with Crippen LogP contribution in [0.15, 0.2) is 28.7 Å². The van der Waals surface area contributed by atoms with Crippen molar-refractivity contribution in [3.63, 3.8) is 0 Å². The van der Waals surface area contributed by atoms with Gasteiger partial charge in [-0.25, -0.2) is 0 Å². The van der Waals surface area contributed by atoms with Crippen molar-refractivity contribution in [3.05, 3.63) is 39.9 Å². The first-order chi connectivity index (χ1) is 21.1. The number of rotatable bonds is 7. The minimum atomic E-state index is -2.72. The predicted molar refractivity (Wildman–Crippen MR) is 166 cm³/mol. The van der Waals surface area contributed by atoms with Gasteiger partial charge in [0.05, 0.1) is 17.3 Å². The average molecular weight is 626 g/mol. The summed E-state index contributed by atoms with van der Waals surface area (Å²) in [5.41, 5.74) is 2.55. The number of fused-ring (bicyclic) bond motifs is 3. The third-order valence-corrected chi connectivity index (χ3v) is 9.94. The number of phenols is 1. The number of aliphatic hydroxyl groups excluding tert-OH is 2. The Morgan fingerprint density at radius 3 is 2.31 bits per heavy atom. The summed E-state index contributed by atoms with van der Waals surface area (Å²) >= 11 is 0. The number of benzene rings is 1. The normalized spacial score (nSPS) is 27.3. The summed E-state index contributed by atoms with van der Waals surface area (Å²) in [5, 5.41) is 48.6. The summed E-state index contributed by atoms with van der Waals surface area (Å²) in [6, 6.07) is 0.559. The molecule has 45 heavy (non-hydrogen) atoms. The van der Waals surface area contributed by atoms with Crippen molar-refractivity contribution in [2.24, 2.45) is 23.5 Å². The Bertz CT molecular complexity index is 1520. The molecule has 3 aliphatic carbocycles. The van der Waals surface area contributed by atoms with E-state index in [1.54, 1.807) is 39.2 Å². The highest BCUT2D eigenvalue weighted by Crippen LogP contribution is 2.54. The fourth-order valence-corrected chi connectivity index (χ4v) is 7.76. The van der Waals surface area contributed by atoms with Gasteiger partial charge in [-0.1, -0.05) is 6.92 Å². The molecule has 7 N–H and O–H groups in total. The SMILES string of the molecule is CCCN1CCC(C(=O)Nc2cc(N(C)C)c3c(c2O)C(=O)C2=C(O)[C@]4(O)C(=O)C(C(N)=O)=C(O)[C@@H](N(C)C)[C@@H]4C[C@@H]2C3)CC1. The van der Waals surface area contributed by atoms with Crippen LogP contribution in [-0.2, 0) is 20.8 Å². The number of carbonyl (C=O) groups is 4. The first-order valence-corrected chi connectivity index (χ1v) is 15.4. The molecule has 1 fully saturated rings. The Hall–Kier alpha value is -3.94. The summed E-state index contributed by atoms with van der Waals surface area (Å²) in [6.45, 7) is 4.66. The van der Waals surface area contributed by atoms with E-state index >= 15 is 0 Å². The van der Waals surface area contributed by atoms with Gasteiger partial charge in [-0.15, -0.1) is 0 Å². The van der Waals surface area contributed by atoms with E-state index in [4.69, 9.17) is 5.73 Å². The largest absolute Gasteiger partial charge is 0.510 e. The van der Waals surface area contributed by atoms with Gasteiger partial charge in [0.2, 0.25) is 11.7 Å². The van der Waals surface area contributed by atoms with Gasteiger partial charge in [0.1, 0.15) is 17.1 Å². The molecule has 4 atom stereocenters. The van der Waals surface area contributed by atoms with Crippen LogP contribution in [0.1, 0.15) is 48.5 Å². The second kappa shape index (κ2) is 11.8. The topological polar surface area (TPSA) is 197 Å². The molecular formula is C32H43N5O8. The van der Waals surface area contributed by atoms with Crippen LogP contribution >= 0.6 is 0 Å². The standard InChI is InChI=1S/C32H43N5O8/c1-6-9-37-10-7-15(8-11-37)31(44)34-19-14-20(35(2)3)17-12-16-13-18-24(36(4)5)27(40)23(30(33)43)29(42)32(18,45)28(41)21(16)26(39)22(17)25(19)38/h14-16,18,24,38,40-41,45H,6-13H2,1-5H3,(H2,33,43)(H,34,44)/t16-,18-,24-,32-/m0/s1. The number of aliphatic hydroxyl groups is 3. The quantitative estimate of drug-likeness (QED) is 0.188. The molecule has 4 aliphatic rings. The number of phenolic OH excluding ortho intramolecular Hbond substituents is 1. The van der Waals surface area contributed by atoms with E-state index in [1.165, 1.54) is 4.90 Å². The lowest BCUT2D eigenvalue weighted by Gasteiger charge is -2.50. The molecule has 5 rings (SSSR count). The Morgan fingerprint density at radius 1 is 1.11 bits per heavy atom. The summed E-state index contributed by atoms with van der Waals surface area (Å²) in [6.07, 6.45) is 2.51. The number of hydrogen-bond donors (Lipinski definition) is 6. The van der Waals surface area contributed by atoms with Crippen molar-refractivity contribution in [1.29, 1.82) is 0 Å². The molecule has 0 bridgehead atoms. The number of ketones is 2. The molecule has 1 saturated heterocycles. The smallest absolute Gasteiger partial charge is 0.255 e. The number of nitrogens with one attached hydrogen (secondary N) is 1. The maximum Gasteiger partial charge on any atom is 0.255 e. The number of allylic oxidation sites excluding steroid dienone is 1. The number of aromatic hydroxyl groups is 1. The molecule has 13 nitrogen and oxygen atoms in total. The van der Waals surface area contributed by atoms with Gasteiger partial charge in [-0.2, -0.15) is 0 Å². The maximum absolute atomic E-state index is 14.2. The van der Waals surface area contributed by atoms with E-state index in [9.17, 15) is 39.6 Å². The van der Waals surface area contributed by atoms with Gasteiger partial charge in [0.25, 0.3) is 5.91 Å². The van der Waals surface area contributed by atoms with E-state index in [0.29, 0.717) is 24.1 Å². The van der Waals surface area contributed by atoms with Crippen molar-refractivity contribution in [3.8, 4) is 5.75 Å². The summed E-state index contributed by atoms with van der Waals surface area (Å²) in [4.78, 5) is 58.9. The van der Waals surface area contributed by atoms with Gasteiger partial charge >= 0.3 is 0 Å². The molecular weight excluding hydrogens is 582 g/mol. The zero-order valence-corrected chi connectivity index (χ0v) is 26.4. The van der Waals surface area contributed by atoms with Crippen molar-refractivity contribution >= 4 is 34.8 Å². The summed E-state index contributed by atoms with van der Waals surface area (Å²) in [5.74, 6) is -7.72. The number of carbonyl (C=O) groups excluding carboxylic acids is 4. The van der Waals surface area contributed by atoms with Crippen LogP contribution in [-0.4, -0.2) is 113 Å². The number of amides is 2. The lowest BCUT2D eigenvalue weighted by molar-refractivity contribution is -0.148. The highest BCUT2D eigenvalue weighted by molar-refractivity contribution is 6.25. The first-order valence-electron chi connectivity index (χ1n) is 15.4. The monoisotopic (exact) mass is 625 g/mol. The van der Waals surface area contributed by atoms with Crippen LogP contribution < -0.4 is 16.0 Å². The number of Topliss-reactive ketones (excluding diaryl/α,β-unsaturated/α-hetero) is 2. The Kier molecular flexibility index (Phi) is 8.49. The van der Waals surface area contributed by atoms with Crippen LogP contribution in [0.3, 0.4) is 0 Å². The van der Waals surface area contributed by atoms with Crippen molar-refractivity contribution in [1.82, 2.24) is 9.80 Å². The van der Waals surface area contributed by atoms with E-state index < -0.39 is 63.8 Å².